The molecule has 1 aromatic carbocycles. The van der Waals surface area contributed by atoms with E-state index < -0.39 is 11.9 Å². The summed E-state index contributed by atoms with van der Waals surface area (Å²) in [6.07, 6.45) is 0.398. The van der Waals surface area contributed by atoms with E-state index in [0.717, 1.165) is 16.9 Å². The van der Waals surface area contributed by atoms with Gasteiger partial charge in [0.1, 0.15) is 5.75 Å². The van der Waals surface area contributed by atoms with Gasteiger partial charge in [-0.3, -0.25) is 4.79 Å². The molecule has 0 amide bonds. The smallest absolute Gasteiger partial charge is 0.308 e. The minimum absolute atomic E-state index is 0.131. The van der Waals surface area contributed by atoms with Crippen LogP contribution in [0, 0.1) is 12.8 Å². The molecule has 1 rings (SSSR count). The number of methoxy groups -OCH3 is 1. The van der Waals surface area contributed by atoms with E-state index in [-0.39, 0.29) is 6.54 Å². The van der Waals surface area contributed by atoms with Gasteiger partial charge in [0, 0.05) is 6.54 Å². The van der Waals surface area contributed by atoms with E-state index in [1.165, 1.54) is 0 Å². The predicted molar refractivity (Wildman–Crippen MR) is 61.6 cm³/mol. The van der Waals surface area contributed by atoms with Gasteiger partial charge in [-0.1, -0.05) is 12.1 Å². The average Bonchev–Trinajstić information content (AvgIpc) is 2.26. The number of ether oxygens (including phenoxy) is 1. The lowest BCUT2D eigenvalue weighted by Gasteiger charge is -2.13. The molecule has 0 spiro atoms. The Hall–Kier alpha value is -1.55. The molecule has 0 radical (unpaired) electrons. The highest BCUT2D eigenvalue weighted by Gasteiger charge is 2.17. The van der Waals surface area contributed by atoms with Crippen LogP contribution in [0.2, 0.25) is 0 Å². The topological polar surface area (TPSA) is 72.5 Å². The zero-order valence-electron chi connectivity index (χ0n) is 9.56. The van der Waals surface area contributed by atoms with Gasteiger partial charge in [-0.2, -0.15) is 0 Å². The van der Waals surface area contributed by atoms with Crippen LogP contribution < -0.4 is 10.5 Å². The second kappa shape index (κ2) is 5.51. The molecule has 0 aliphatic carbocycles. The fraction of sp³-hybridized carbons (Fsp3) is 0.417. The van der Waals surface area contributed by atoms with Crippen LogP contribution in [-0.4, -0.2) is 24.7 Å². The van der Waals surface area contributed by atoms with Crippen molar-refractivity contribution in [3.05, 3.63) is 29.3 Å². The van der Waals surface area contributed by atoms with Gasteiger partial charge in [0.15, 0.2) is 0 Å². The summed E-state index contributed by atoms with van der Waals surface area (Å²) >= 11 is 0. The number of hydrogen-bond donors (Lipinski definition) is 2. The summed E-state index contributed by atoms with van der Waals surface area (Å²) in [7, 11) is 1.58. The highest BCUT2D eigenvalue weighted by atomic mass is 16.5. The number of rotatable bonds is 5. The lowest BCUT2D eigenvalue weighted by molar-refractivity contribution is -0.141. The van der Waals surface area contributed by atoms with Crippen LogP contribution in [0.25, 0.3) is 0 Å². The van der Waals surface area contributed by atoms with Crippen molar-refractivity contribution in [2.45, 2.75) is 13.3 Å². The third kappa shape index (κ3) is 2.97. The van der Waals surface area contributed by atoms with E-state index in [1.807, 2.05) is 25.1 Å². The van der Waals surface area contributed by atoms with Crippen molar-refractivity contribution >= 4 is 5.97 Å². The fourth-order valence-electron chi connectivity index (χ4n) is 1.56. The van der Waals surface area contributed by atoms with Crippen molar-refractivity contribution in [2.24, 2.45) is 11.7 Å². The number of carboxylic acid groups (broad SMARTS) is 1. The summed E-state index contributed by atoms with van der Waals surface area (Å²) < 4.78 is 5.22. The standard InChI is InChI=1S/C12H17NO3/c1-8-3-4-9(11(5-8)16-2)6-10(7-13)12(14)15/h3-5,10H,6-7,13H2,1-2H3,(H,14,15). The first-order valence-corrected chi connectivity index (χ1v) is 5.15. The van der Waals surface area contributed by atoms with Gasteiger partial charge in [0.25, 0.3) is 0 Å². The van der Waals surface area contributed by atoms with E-state index in [2.05, 4.69) is 0 Å². The Balaban J connectivity index is 2.91. The molecular weight excluding hydrogens is 206 g/mol. The molecule has 0 bridgehead atoms. The van der Waals surface area contributed by atoms with Crippen LogP contribution in [0.15, 0.2) is 18.2 Å². The Morgan fingerprint density at radius 3 is 2.75 bits per heavy atom. The van der Waals surface area contributed by atoms with Gasteiger partial charge in [0.2, 0.25) is 0 Å². The first-order chi connectivity index (χ1) is 7.58. The average molecular weight is 223 g/mol. The first-order valence-electron chi connectivity index (χ1n) is 5.15. The van der Waals surface area contributed by atoms with E-state index in [9.17, 15) is 4.79 Å². The van der Waals surface area contributed by atoms with Crippen molar-refractivity contribution in [3.63, 3.8) is 0 Å². The number of aliphatic carboxylic acids is 1. The van der Waals surface area contributed by atoms with Gasteiger partial charge < -0.3 is 15.6 Å². The monoisotopic (exact) mass is 223 g/mol. The Bertz CT molecular complexity index is 377. The van der Waals surface area contributed by atoms with Gasteiger partial charge in [-0.15, -0.1) is 0 Å². The van der Waals surface area contributed by atoms with E-state index >= 15 is 0 Å². The molecule has 4 nitrogen and oxygen atoms in total. The number of carbonyl (C=O) groups is 1. The van der Waals surface area contributed by atoms with Crippen LogP contribution in [-0.2, 0) is 11.2 Å². The maximum absolute atomic E-state index is 10.9. The molecule has 88 valence electrons. The fourth-order valence-corrected chi connectivity index (χ4v) is 1.56. The van der Waals surface area contributed by atoms with Crippen LogP contribution in [0.5, 0.6) is 5.75 Å². The highest BCUT2D eigenvalue weighted by molar-refractivity contribution is 5.70. The van der Waals surface area contributed by atoms with Crippen molar-refractivity contribution in [1.82, 2.24) is 0 Å². The van der Waals surface area contributed by atoms with Crippen molar-refractivity contribution < 1.29 is 14.6 Å². The normalized spacial score (nSPS) is 12.2. The van der Waals surface area contributed by atoms with Crippen molar-refractivity contribution in [2.75, 3.05) is 13.7 Å². The van der Waals surface area contributed by atoms with E-state index in [4.69, 9.17) is 15.6 Å². The summed E-state index contributed by atoms with van der Waals surface area (Å²) in [4.78, 5) is 10.9. The lowest BCUT2D eigenvalue weighted by Crippen LogP contribution is -2.25. The largest absolute Gasteiger partial charge is 0.496 e. The molecule has 16 heavy (non-hydrogen) atoms. The summed E-state index contributed by atoms with van der Waals surface area (Å²) in [6, 6.07) is 5.72. The molecule has 0 heterocycles. The Morgan fingerprint density at radius 1 is 1.56 bits per heavy atom. The second-order valence-corrected chi connectivity index (χ2v) is 3.79. The van der Waals surface area contributed by atoms with Crippen molar-refractivity contribution in [3.8, 4) is 5.75 Å². The highest BCUT2D eigenvalue weighted by Crippen LogP contribution is 2.22. The molecule has 3 N–H and O–H groups in total. The number of nitrogens with two attached hydrogens (primary N) is 1. The van der Waals surface area contributed by atoms with Gasteiger partial charge in [0.05, 0.1) is 13.0 Å². The number of hydrogen-bond acceptors (Lipinski definition) is 3. The summed E-state index contributed by atoms with van der Waals surface area (Å²) in [5, 5.41) is 8.93. The van der Waals surface area contributed by atoms with Crippen LogP contribution in [0.4, 0.5) is 0 Å². The predicted octanol–water partition coefficient (Wildman–Crippen LogP) is 1.21. The van der Waals surface area contributed by atoms with Gasteiger partial charge in [-0.25, -0.2) is 0 Å². The first kappa shape index (κ1) is 12.5. The van der Waals surface area contributed by atoms with E-state index in [1.54, 1.807) is 7.11 Å². The quantitative estimate of drug-likeness (QED) is 0.786. The molecule has 1 unspecified atom stereocenters. The molecule has 1 atom stereocenters. The third-order valence-electron chi connectivity index (χ3n) is 2.54. The lowest BCUT2D eigenvalue weighted by atomic mass is 9.98. The zero-order valence-corrected chi connectivity index (χ0v) is 9.56. The van der Waals surface area contributed by atoms with Gasteiger partial charge in [-0.05, 0) is 30.5 Å². The maximum atomic E-state index is 10.9. The molecule has 0 saturated heterocycles. The van der Waals surface area contributed by atoms with Crippen LogP contribution >= 0.6 is 0 Å². The Kier molecular flexibility index (Phi) is 4.31. The number of benzene rings is 1. The second-order valence-electron chi connectivity index (χ2n) is 3.79. The molecule has 4 heteroatoms. The summed E-state index contributed by atoms with van der Waals surface area (Å²) in [6.45, 7) is 2.09. The minimum atomic E-state index is -0.870. The molecule has 0 saturated carbocycles. The zero-order chi connectivity index (χ0) is 12.1. The Morgan fingerprint density at radius 2 is 2.25 bits per heavy atom. The van der Waals surface area contributed by atoms with Gasteiger partial charge >= 0.3 is 5.97 Å². The van der Waals surface area contributed by atoms with Crippen LogP contribution in [0.1, 0.15) is 11.1 Å². The van der Waals surface area contributed by atoms with E-state index in [0.29, 0.717) is 6.42 Å². The molecule has 0 aromatic heterocycles. The minimum Gasteiger partial charge on any atom is -0.496 e. The molecular formula is C12H17NO3. The summed E-state index contributed by atoms with van der Waals surface area (Å²) in [5.74, 6) is -0.707. The number of carboxylic acids is 1. The number of aryl methyl sites for hydroxylation is 1. The Labute approximate surface area is 95.0 Å². The summed E-state index contributed by atoms with van der Waals surface area (Å²) in [5.41, 5.74) is 7.39. The molecule has 0 fully saturated rings. The van der Waals surface area contributed by atoms with Crippen LogP contribution in [0.3, 0.4) is 0 Å². The third-order valence-corrected chi connectivity index (χ3v) is 2.54. The molecule has 0 aliphatic rings. The molecule has 0 aliphatic heterocycles. The van der Waals surface area contributed by atoms with Crippen molar-refractivity contribution in [1.29, 1.82) is 0 Å². The maximum Gasteiger partial charge on any atom is 0.308 e. The SMILES string of the molecule is COc1cc(C)ccc1CC(CN)C(=O)O. The molecule has 1 aromatic rings.